The summed E-state index contributed by atoms with van der Waals surface area (Å²) in [6, 6.07) is 3.08. The van der Waals surface area contributed by atoms with Gasteiger partial charge in [-0.1, -0.05) is 6.07 Å². The summed E-state index contributed by atoms with van der Waals surface area (Å²) in [5, 5.41) is 0. The van der Waals surface area contributed by atoms with Crippen LogP contribution < -0.4 is 0 Å². The first-order chi connectivity index (χ1) is 4.79. The van der Waals surface area contributed by atoms with Crippen LogP contribution in [0.25, 0.3) is 6.08 Å². The number of aromatic nitrogens is 1. The van der Waals surface area contributed by atoms with Gasteiger partial charge in [-0.15, -0.1) is 0 Å². The van der Waals surface area contributed by atoms with Crippen LogP contribution in [0, 0.1) is 6.20 Å². The maximum Gasteiger partial charge on any atom is 0.270 e. The van der Waals surface area contributed by atoms with Gasteiger partial charge in [0.2, 0.25) is 0 Å². The van der Waals surface area contributed by atoms with Crippen molar-refractivity contribution in [1.82, 2.24) is 4.98 Å². The van der Waals surface area contributed by atoms with Crippen molar-refractivity contribution in [2.24, 2.45) is 0 Å². The molecular weight excluding hydrogens is 136 g/mol. The van der Waals surface area contributed by atoms with Crippen molar-refractivity contribution < 1.29 is 8.78 Å². The predicted octanol–water partition coefficient (Wildman–Crippen LogP) is 2.12. The van der Waals surface area contributed by atoms with E-state index in [1.54, 1.807) is 6.07 Å². The summed E-state index contributed by atoms with van der Waals surface area (Å²) in [7, 11) is 0. The van der Waals surface area contributed by atoms with Gasteiger partial charge in [-0.2, -0.15) is 8.78 Å². The Morgan fingerprint density at radius 2 is 2.40 bits per heavy atom. The van der Waals surface area contributed by atoms with Gasteiger partial charge in [0.15, 0.2) is 0 Å². The molecule has 1 aromatic heterocycles. The van der Waals surface area contributed by atoms with Gasteiger partial charge < -0.3 is 0 Å². The molecule has 10 heavy (non-hydrogen) atoms. The number of hydrogen-bond acceptors (Lipinski definition) is 1. The topological polar surface area (TPSA) is 12.9 Å². The van der Waals surface area contributed by atoms with Crippen molar-refractivity contribution in [3.05, 3.63) is 36.2 Å². The fourth-order valence-corrected chi connectivity index (χ4v) is 0.537. The summed E-state index contributed by atoms with van der Waals surface area (Å²) in [6.07, 6.45) is 2.86. The normalized spacial score (nSPS) is 9.00. The van der Waals surface area contributed by atoms with E-state index in [9.17, 15) is 8.78 Å². The molecule has 0 saturated heterocycles. The highest BCUT2D eigenvalue weighted by Gasteiger charge is 1.90. The zero-order valence-electron chi connectivity index (χ0n) is 5.01. The Balaban J connectivity index is 2.87. The van der Waals surface area contributed by atoms with Crippen LogP contribution in [0.15, 0.2) is 24.4 Å². The molecule has 1 rings (SSSR count). The molecular formula is C7H4F2N. The Morgan fingerprint density at radius 1 is 1.60 bits per heavy atom. The van der Waals surface area contributed by atoms with Crippen LogP contribution in [0.3, 0.4) is 0 Å². The van der Waals surface area contributed by atoms with Crippen molar-refractivity contribution in [3.8, 4) is 0 Å². The summed E-state index contributed by atoms with van der Waals surface area (Å²) in [5.41, 5.74) is 0.294. The second-order valence-electron chi connectivity index (χ2n) is 1.64. The third kappa shape index (κ3) is 1.93. The number of rotatable bonds is 1. The van der Waals surface area contributed by atoms with E-state index in [1.807, 2.05) is 0 Å². The number of hydrogen-bond donors (Lipinski definition) is 0. The van der Waals surface area contributed by atoms with Gasteiger partial charge >= 0.3 is 0 Å². The third-order valence-electron chi connectivity index (χ3n) is 0.895. The second kappa shape index (κ2) is 3.06. The lowest BCUT2D eigenvalue weighted by molar-refractivity contribution is 0.429. The molecule has 1 heterocycles. The van der Waals surface area contributed by atoms with Crippen LogP contribution in [0.1, 0.15) is 5.56 Å². The Kier molecular flexibility index (Phi) is 2.10. The van der Waals surface area contributed by atoms with Gasteiger partial charge in [-0.25, -0.2) is 0 Å². The molecule has 0 aliphatic rings. The van der Waals surface area contributed by atoms with Gasteiger partial charge in [0.1, 0.15) is 0 Å². The van der Waals surface area contributed by atoms with Crippen LogP contribution >= 0.6 is 0 Å². The maximum absolute atomic E-state index is 11.5. The fraction of sp³-hybridized carbons (Fsp3) is 0. The summed E-state index contributed by atoms with van der Waals surface area (Å²) < 4.78 is 23.1. The second-order valence-corrected chi connectivity index (χ2v) is 1.64. The quantitative estimate of drug-likeness (QED) is 0.582. The van der Waals surface area contributed by atoms with Crippen molar-refractivity contribution in [2.75, 3.05) is 0 Å². The van der Waals surface area contributed by atoms with Gasteiger partial charge in [-0.05, 0) is 6.07 Å². The first-order valence-electron chi connectivity index (χ1n) is 2.64. The highest BCUT2D eigenvalue weighted by atomic mass is 19.3. The summed E-state index contributed by atoms with van der Waals surface area (Å²) in [6.45, 7) is 0. The molecule has 51 valence electrons. The highest BCUT2D eigenvalue weighted by Crippen LogP contribution is 2.05. The van der Waals surface area contributed by atoms with Crippen molar-refractivity contribution >= 4 is 6.08 Å². The molecule has 1 aromatic rings. The minimum atomic E-state index is -1.73. The van der Waals surface area contributed by atoms with Crippen LogP contribution in [0.4, 0.5) is 8.78 Å². The SMILES string of the molecule is FC(F)=Cc1[c]nccc1. The largest absolute Gasteiger partial charge is 0.270 e. The standard InChI is InChI=1S/C7H4F2N/c8-7(9)4-6-2-1-3-10-5-6/h1-4H. The molecule has 1 nitrogen and oxygen atoms in total. The molecule has 0 fully saturated rings. The molecule has 3 heteroatoms. The maximum atomic E-state index is 11.5. The van der Waals surface area contributed by atoms with E-state index < -0.39 is 6.08 Å². The molecule has 1 radical (unpaired) electrons. The molecule has 0 spiro atoms. The molecule has 0 aliphatic heterocycles. The van der Waals surface area contributed by atoms with E-state index in [1.165, 1.54) is 12.3 Å². The van der Waals surface area contributed by atoms with Gasteiger partial charge in [0.05, 0.1) is 6.20 Å². The van der Waals surface area contributed by atoms with Gasteiger partial charge in [0.25, 0.3) is 6.08 Å². The average molecular weight is 140 g/mol. The van der Waals surface area contributed by atoms with Crippen LogP contribution in [0.5, 0.6) is 0 Å². The van der Waals surface area contributed by atoms with Gasteiger partial charge in [0, 0.05) is 17.8 Å². The number of pyridine rings is 1. The number of nitrogens with zero attached hydrogens (tertiary/aromatic N) is 1. The molecule has 0 saturated carbocycles. The lowest BCUT2D eigenvalue weighted by atomic mass is 10.3. The van der Waals surface area contributed by atoms with Crippen molar-refractivity contribution in [1.29, 1.82) is 0 Å². The summed E-state index contributed by atoms with van der Waals surface area (Å²) in [4.78, 5) is 3.53. The Hall–Kier alpha value is -1.25. The van der Waals surface area contributed by atoms with E-state index in [0.717, 1.165) is 0 Å². The van der Waals surface area contributed by atoms with Crippen LogP contribution in [0.2, 0.25) is 0 Å². The molecule has 0 unspecified atom stereocenters. The molecule has 0 atom stereocenters. The summed E-state index contributed by atoms with van der Waals surface area (Å²) >= 11 is 0. The number of halogens is 2. The van der Waals surface area contributed by atoms with Crippen molar-refractivity contribution in [3.63, 3.8) is 0 Å². The molecule has 0 aromatic carbocycles. The Bertz CT molecular complexity index is 227. The fourth-order valence-electron chi connectivity index (χ4n) is 0.537. The zero-order valence-corrected chi connectivity index (χ0v) is 5.01. The average Bonchev–Trinajstić information content (AvgIpc) is 1.88. The minimum absolute atomic E-state index is 0.294. The van der Waals surface area contributed by atoms with Crippen LogP contribution in [-0.2, 0) is 0 Å². The minimum Gasteiger partial charge on any atom is -0.254 e. The molecule has 0 amide bonds. The van der Waals surface area contributed by atoms with E-state index in [2.05, 4.69) is 11.2 Å². The summed E-state index contributed by atoms with van der Waals surface area (Å²) in [5.74, 6) is 0. The lowest BCUT2D eigenvalue weighted by Crippen LogP contribution is -1.74. The molecule has 0 aliphatic carbocycles. The van der Waals surface area contributed by atoms with Crippen molar-refractivity contribution in [2.45, 2.75) is 0 Å². The lowest BCUT2D eigenvalue weighted by Gasteiger charge is -1.85. The Morgan fingerprint density at radius 3 is 2.90 bits per heavy atom. The smallest absolute Gasteiger partial charge is 0.254 e. The van der Waals surface area contributed by atoms with E-state index >= 15 is 0 Å². The molecule has 0 bridgehead atoms. The molecule has 0 N–H and O–H groups in total. The van der Waals surface area contributed by atoms with E-state index in [0.29, 0.717) is 11.6 Å². The highest BCUT2D eigenvalue weighted by molar-refractivity contribution is 5.47. The monoisotopic (exact) mass is 140 g/mol. The first-order valence-corrected chi connectivity index (χ1v) is 2.64. The first kappa shape index (κ1) is 6.86. The van der Waals surface area contributed by atoms with Gasteiger partial charge in [-0.3, -0.25) is 4.98 Å². The van der Waals surface area contributed by atoms with Crippen LogP contribution in [-0.4, -0.2) is 4.98 Å². The van der Waals surface area contributed by atoms with E-state index in [4.69, 9.17) is 0 Å². The van der Waals surface area contributed by atoms with E-state index in [-0.39, 0.29) is 0 Å². The zero-order chi connectivity index (χ0) is 7.40. The predicted molar refractivity (Wildman–Crippen MR) is 33.3 cm³/mol. The third-order valence-corrected chi connectivity index (χ3v) is 0.895. The Labute approximate surface area is 57.0 Å².